The van der Waals surface area contributed by atoms with E-state index in [-0.39, 0.29) is 0 Å². The summed E-state index contributed by atoms with van der Waals surface area (Å²) in [5.41, 5.74) is 13.4. The fourth-order valence-corrected chi connectivity index (χ4v) is 9.54. The first-order chi connectivity index (χ1) is 24.7. The number of hydrogen-bond acceptors (Lipinski definition) is 4. The van der Waals surface area contributed by atoms with E-state index < -0.39 is 0 Å². The van der Waals surface area contributed by atoms with Crippen molar-refractivity contribution in [2.24, 2.45) is 5.92 Å². The smallest absolute Gasteiger partial charge is 0.180 e. The van der Waals surface area contributed by atoms with Gasteiger partial charge < -0.3 is 8.98 Å². The lowest BCUT2D eigenvalue weighted by Crippen LogP contribution is -2.05. The molecule has 4 nitrogen and oxygen atoms in total. The molecule has 4 heterocycles. The second-order valence-electron chi connectivity index (χ2n) is 13.7. The largest absolute Gasteiger partial charge is 0.452 e. The van der Waals surface area contributed by atoms with Crippen molar-refractivity contribution in [3.05, 3.63) is 138 Å². The van der Waals surface area contributed by atoms with Gasteiger partial charge in [-0.25, -0.2) is 9.97 Å². The zero-order valence-electron chi connectivity index (χ0n) is 27.5. The molecular formula is C45H31N3OS. The molecule has 0 aliphatic heterocycles. The monoisotopic (exact) mass is 661 g/mol. The molecule has 238 valence electrons. The van der Waals surface area contributed by atoms with E-state index in [0.717, 1.165) is 58.2 Å². The summed E-state index contributed by atoms with van der Waals surface area (Å²) < 4.78 is 11.4. The molecule has 4 aromatic heterocycles. The third kappa shape index (κ3) is 4.04. The zero-order chi connectivity index (χ0) is 32.9. The fraction of sp³-hybridized carbons (Fsp3) is 0.111. The van der Waals surface area contributed by atoms with E-state index in [0.29, 0.717) is 11.7 Å². The first-order valence-corrected chi connectivity index (χ1v) is 18.3. The molecule has 0 spiro atoms. The number of para-hydroxylation sites is 1. The van der Waals surface area contributed by atoms with Gasteiger partial charge in [0.25, 0.3) is 0 Å². The van der Waals surface area contributed by atoms with E-state index in [1.54, 1.807) is 0 Å². The summed E-state index contributed by atoms with van der Waals surface area (Å²) >= 11 is 1.86. The average Bonchev–Trinajstić information content (AvgIpc) is 3.84. The summed E-state index contributed by atoms with van der Waals surface area (Å²) in [6.07, 6.45) is 12.7. The Morgan fingerprint density at radius 1 is 0.800 bits per heavy atom. The molecule has 0 fully saturated rings. The quantitative estimate of drug-likeness (QED) is 0.189. The number of thiophene rings is 1. The second kappa shape index (κ2) is 10.6. The topological polar surface area (TPSA) is 43.9 Å². The van der Waals surface area contributed by atoms with Crippen LogP contribution in [0.1, 0.15) is 35.7 Å². The minimum Gasteiger partial charge on any atom is -0.452 e. The lowest BCUT2D eigenvalue weighted by atomic mass is 9.88. The highest BCUT2D eigenvalue weighted by molar-refractivity contribution is 7.26. The number of aryl methyl sites for hydroxylation is 1. The summed E-state index contributed by atoms with van der Waals surface area (Å²) in [5, 5.41) is 4.96. The molecule has 9 aromatic rings. The fourth-order valence-electron chi connectivity index (χ4n) is 8.29. The molecule has 1 atom stereocenters. The highest BCUT2D eigenvalue weighted by Crippen LogP contribution is 2.45. The molecule has 5 aromatic carbocycles. The summed E-state index contributed by atoms with van der Waals surface area (Å²) in [6, 6.07) is 36.6. The molecule has 5 heteroatoms. The summed E-state index contributed by atoms with van der Waals surface area (Å²) in [4.78, 5) is 10.3. The molecule has 11 rings (SSSR count). The van der Waals surface area contributed by atoms with Crippen molar-refractivity contribution < 1.29 is 4.42 Å². The van der Waals surface area contributed by atoms with Crippen LogP contribution in [0.4, 0.5) is 0 Å². The van der Waals surface area contributed by atoms with Crippen molar-refractivity contribution in [3.8, 4) is 28.3 Å². The molecular weight excluding hydrogens is 631 g/mol. The number of benzene rings is 5. The maximum absolute atomic E-state index is 6.36. The molecule has 0 bridgehead atoms. The Morgan fingerprint density at radius 3 is 2.62 bits per heavy atom. The lowest BCUT2D eigenvalue weighted by molar-refractivity contribution is 0.667. The number of rotatable bonds is 3. The van der Waals surface area contributed by atoms with E-state index in [1.165, 1.54) is 59.1 Å². The number of fused-ring (bicyclic) bond motifs is 11. The number of furan rings is 1. The average molecular weight is 662 g/mol. The lowest BCUT2D eigenvalue weighted by Gasteiger charge is -2.16. The second-order valence-corrected chi connectivity index (χ2v) is 14.8. The Kier molecular flexibility index (Phi) is 5.96. The first-order valence-electron chi connectivity index (χ1n) is 17.4. The van der Waals surface area contributed by atoms with Crippen molar-refractivity contribution in [3.63, 3.8) is 0 Å². The van der Waals surface area contributed by atoms with Crippen molar-refractivity contribution in [2.75, 3.05) is 0 Å². The van der Waals surface area contributed by atoms with Crippen molar-refractivity contribution in [1.82, 2.24) is 14.5 Å². The van der Waals surface area contributed by atoms with Gasteiger partial charge in [0, 0.05) is 43.1 Å². The molecule has 0 saturated carbocycles. The van der Waals surface area contributed by atoms with Crippen LogP contribution in [-0.4, -0.2) is 14.5 Å². The van der Waals surface area contributed by atoms with Crippen LogP contribution in [0.2, 0.25) is 0 Å². The van der Waals surface area contributed by atoms with Crippen molar-refractivity contribution in [1.29, 1.82) is 0 Å². The van der Waals surface area contributed by atoms with E-state index >= 15 is 0 Å². The summed E-state index contributed by atoms with van der Waals surface area (Å²) in [6.45, 7) is 2.33. The van der Waals surface area contributed by atoms with Crippen LogP contribution in [-0.2, 0) is 12.8 Å². The van der Waals surface area contributed by atoms with Gasteiger partial charge >= 0.3 is 0 Å². The van der Waals surface area contributed by atoms with E-state index in [9.17, 15) is 0 Å². The Labute approximate surface area is 292 Å². The zero-order valence-corrected chi connectivity index (χ0v) is 28.3. The minimum absolute atomic E-state index is 0.521. The van der Waals surface area contributed by atoms with Gasteiger partial charge in [0.05, 0.1) is 15.9 Å². The standard InChI is InChI=1S/C45H31N3OS/c1-26-18-22-35-34(24-26)40-30-13-6-5-10-27(30)20-23-36(40)48(35)37-16-9-15-32-31-21-19-29(25-39(31)50-44(32)37)45-46-41(28-11-3-2-4-12-28)43-42(47-45)33-14-7-8-17-38(33)49-43/h2-4,6-9,11-23,25-26H,5,10,24H2,1H3. The van der Waals surface area contributed by atoms with Gasteiger partial charge in [0.1, 0.15) is 16.8 Å². The van der Waals surface area contributed by atoms with Crippen LogP contribution in [0.3, 0.4) is 0 Å². The van der Waals surface area contributed by atoms with Gasteiger partial charge in [0.15, 0.2) is 11.4 Å². The third-order valence-electron chi connectivity index (χ3n) is 10.6. The summed E-state index contributed by atoms with van der Waals surface area (Å²) in [7, 11) is 0. The third-order valence-corrected chi connectivity index (χ3v) is 11.8. The molecule has 0 saturated heterocycles. The molecule has 1 unspecified atom stereocenters. The number of nitrogens with zero attached hydrogens (tertiary/aromatic N) is 3. The molecule has 0 radical (unpaired) electrons. The Balaban J connectivity index is 1.13. The van der Waals surface area contributed by atoms with Crippen LogP contribution in [0, 0.1) is 5.92 Å². The SMILES string of the molecule is CC1C=Cc2c(c3c4c(ccc3n2-c2cccc3c2sc2cc(-c5nc(-c6ccccc6)c6oc7ccccc7c6n5)ccc23)CCC=C4)C1. The minimum atomic E-state index is 0.521. The van der Waals surface area contributed by atoms with Crippen LogP contribution < -0.4 is 0 Å². The molecule has 50 heavy (non-hydrogen) atoms. The van der Waals surface area contributed by atoms with Gasteiger partial charge in [0.2, 0.25) is 0 Å². The van der Waals surface area contributed by atoms with Gasteiger partial charge in [-0.3, -0.25) is 0 Å². The predicted octanol–water partition coefficient (Wildman–Crippen LogP) is 12.2. The van der Waals surface area contributed by atoms with Crippen LogP contribution in [0.5, 0.6) is 0 Å². The Bertz CT molecular complexity index is 2920. The molecule has 2 aliphatic rings. The van der Waals surface area contributed by atoms with E-state index in [1.807, 2.05) is 47.7 Å². The summed E-state index contributed by atoms with van der Waals surface area (Å²) in [5.74, 6) is 1.22. The maximum atomic E-state index is 6.36. The predicted molar refractivity (Wildman–Crippen MR) is 209 cm³/mol. The molecule has 0 amide bonds. The van der Waals surface area contributed by atoms with Gasteiger partial charge in [-0.05, 0) is 78.3 Å². The van der Waals surface area contributed by atoms with Crippen molar-refractivity contribution >= 4 is 76.6 Å². The van der Waals surface area contributed by atoms with Crippen molar-refractivity contribution in [2.45, 2.75) is 26.2 Å². The number of allylic oxidation sites excluding steroid dienone is 2. The van der Waals surface area contributed by atoms with E-state index in [4.69, 9.17) is 14.4 Å². The van der Waals surface area contributed by atoms with Gasteiger partial charge in [-0.2, -0.15) is 0 Å². The first kappa shape index (κ1) is 28.1. The van der Waals surface area contributed by atoms with Gasteiger partial charge in [-0.1, -0.05) is 97.9 Å². The number of aromatic nitrogens is 3. The molecule has 0 N–H and O–H groups in total. The highest BCUT2D eigenvalue weighted by Gasteiger charge is 2.26. The van der Waals surface area contributed by atoms with Crippen LogP contribution in [0.25, 0.3) is 93.6 Å². The molecule has 2 aliphatic carbocycles. The van der Waals surface area contributed by atoms with Crippen LogP contribution >= 0.6 is 11.3 Å². The Morgan fingerprint density at radius 2 is 1.68 bits per heavy atom. The highest BCUT2D eigenvalue weighted by atomic mass is 32.1. The number of hydrogen-bond donors (Lipinski definition) is 0. The Hall–Kier alpha value is -5.78. The van der Waals surface area contributed by atoms with E-state index in [2.05, 4.69) is 103 Å². The normalized spacial score (nSPS) is 15.5. The van der Waals surface area contributed by atoms with Crippen LogP contribution in [0.15, 0.2) is 120 Å². The van der Waals surface area contributed by atoms with Gasteiger partial charge in [-0.15, -0.1) is 11.3 Å². The maximum Gasteiger partial charge on any atom is 0.180 e.